The third kappa shape index (κ3) is 3.67. The molecule has 2 rings (SSSR count). The van der Waals surface area contributed by atoms with Gasteiger partial charge in [0.15, 0.2) is 5.78 Å². The van der Waals surface area contributed by atoms with E-state index in [0.29, 0.717) is 13.0 Å². The van der Waals surface area contributed by atoms with E-state index in [0.717, 1.165) is 36.5 Å². The Morgan fingerprint density at radius 2 is 2.00 bits per heavy atom. The zero-order chi connectivity index (χ0) is 13.7. The van der Waals surface area contributed by atoms with Gasteiger partial charge in [-0.1, -0.05) is 19.1 Å². The van der Waals surface area contributed by atoms with Gasteiger partial charge in [-0.15, -0.1) is 0 Å². The van der Waals surface area contributed by atoms with Gasteiger partial charge in [-0.05, 0) is 37.2 Å². The van der Waals surface area contributed by atoms with Crippen molar-refractivity contribution in [2.75, 3.05) is 26.2 Å². The number of hydrogen-bond donors (Lipinski definition) is 0. The van der Waals surface area contributed by atoms with E-state index in [1.54, 1.807) is 0 Å². The number of rotatable bonds is 4. The molecular weight excluding hydrogens is 238 g/mol. The second-order valence-electron chi connectivity index (χ2n) is 4.71. The van der Waals surface area contributed by atoms with E-state index >= 15 is 0 Å². The van der Waals surface area contributed by atoms with Gasteiger partial charge in [0.1, 0.15) is 5.75 Å². The molecule has 1 aromatic rings. The molecular formula is C16H21NO2. The van der Waals surface area contributed by atoms with Crippen molar-refractivity contribution in [3.63, 3.8) is 0 Å². The maximum Gasteiger partial charge on any atom is 0.161 e. The lowest BCUT2D eigenvalue weighted by atomic mass is 10.0. The average Bonchev–Trinajstić information content (AvgIpc) is 2.44. The van der Waals surface area contributed by atoms with Gasteiger partial charge in [0.05, 0.1) is 6.61 Å². The molecule has 3 heteroatoms. The number of carbonyl (C=O) groups is 1. The Kier molecular flexibility index (Phi) is 4.74. The largest absolute Gasteiger partial charge is 0.494 e. The molecule has 3 nitrogen and oxygen atoms in total. The Morgan fingerprint density at radius 1 is 1.26 bits per heavy atom. The van der Waals surface area contributed by atoms with Gasteiger partial charge >= 0.3 is 0 Å². The molecule has 0 aliphatic carbocycles. The number of piperidine rings is 1. The van der Waals surface area contributed by atoms with Crippen molar-refractivity contribution in [3.05, 3.63) is 35.4 Å². The summed E-state index contributed by atoms with van der Waals surface area (Å²) in [7, 11) is 0. The van der Waals surface area contributed by atoms with Crippen molar-refractivity contribution in [2.45, 2.75) is 20.3 Å². The third-order valence-corrected chi connectivity index (χ3v) is 3.39. The molecule has 0 atom stereocenters. The molecule has 102 valence electrons. The summed E-state index contributed by atoms with van der Waals surface area (Å²) in [5, 5.41) is 0. The smallest absolute Gasteiger partial charge is 0.161 e. The molecule has 1 saturated heterocycles. The van der Waals surface area contributed by atoms with Crippen LogP contribution >= 0.6 is 0 Å². The molecule has 0 amide bonds. The normalized spacial score (nSPS) is 18.8. The van der Waals surface area contributed by atoms with Gasteiger partial charge < -0.3 is 4.74 Å². The van der Waals surface area contributed by atoms with Crippen LogP contribution in [0.1, 0.15) is 25.8 Å². The fraction of sp³-hybridized carbons (Fsp3) is 0.438. The van der Waals surface area contributed by atoms with E-state index < -0.39 is 0 Å². The maximum atomic E-state index is 11.9. The minimum Gasteiger partial charge on any atom is -0.494 e. The quantitative estimate of drug-likeness (QED) is 0.779. The summed E-state index contributed by atoms with van der Waals surface area (Å²) in [6.07, 6.45) is 2.64. The molecule has 0 saturated carbocycles. The summed E-state index contributed by atoms with van der Waals surface area (Å²) < 4.78 is 5.41. The number of hydrogen-bond acceptors (Lipinski definition) is 3. The van der Waals surface area contributed by atoms with Crippen molar-refractivity contribution in [2.24, 2.45) is 0 Å². The Morgan fingerprint density at radius 3 is 2.63 bits per heavy atom. The lowest BCUT2D eigenvalue weighted by Crippen LogP contribution is -2.35. The number of nitrogens with zero attached hydrogens (tertiary/aromatic N) is 1. The molecule has 1 aliphatic heterocycles. The van der Waals surface area contributed by atoms with E-state index in [1.165, 1.54) is 0 Å². The number of likely N-dealkylation sites (tertiary alicyclic amines) is 1. The highest BCUT2D eigenvalue weighted by atomic mass is 16.5. The number of carbonyl (C=O) groups excluding carboxylic acids is 1. The van der Waals surface area contributed by atoms with Gasteiger partial charge in [-0.3, -0.25) is 9.69 Å². The fourth-order valence-corrected chi connectivity index (χ4v) is 2.25. The number of ketones is 1. The zero-order valence-electron chi connectivity index (χ0n) is 11.7. The van der Waals surface area contributed by atoms with Crippen LogP contribution in [-0.4, -0.2) is 36.9 Å². The average molecular weight is 259 g/mol. The first kappa shape index (κ1) is 13.8. The highest BCUT2D eigenvalue weighted by Gasteiger charge is 2.19. The molecule has 0 spiro atoms. The molecule has 0 unspecified atom stereocenters. The predicted octanol–water partition coefficient (Wildman–Crippen LogP) is 2.76. The lowest BCUT2D eigenvalue weighted by molar-refractivity contribution is -0.117. The van der Waals surface area contributed by atoms with E-state index in [9.17, 15) is 4.79 Å². The first-order valence-corrected chi connectivity index (χ1v) is 6.92. The second-order valence-corrected chi connectivity index (χ2v) is 4.71. The Labute approximate surface area is 114 Å². The third-order valence-electron chi connectivity index (χ3n) is 3.39. The number of benzene rings is 1. The topological polar surface area (TPSA) is 29.5 Å². The van der Waals surface area contributed by atoms with Crippen molar-refractivity contribution in [1.29, 1.82) is 0 Å². The number of Topliss-reactive ketones (excluding diaryl/α,β-unsaturated/α-hetero) is 1. The minimum atomic E-state index is 0.276. The van der Waals surface area contributed by atoms with Crippen LogP contribution < -0.4 is 4.74 Å². The molecule has 0 aromatic heterocycles. The molecule has 1 fully saturated rings. The number of ether oxygens (including phenoxy) is 1. The summed E-state index contributed by atoms with van der Waals surface area (Å²) in [6, 6.07) is 7.88. The summed E-state index contributed by atoms with van der Waals surface area (Å²) >= 11 is 0. The maximum absolute atomic E-state index is 11.9. The van der Waals surface area contributed by atoms with E-state index in [2.05, 4.69) is 11.8 Å². The SMILES string of the molecule is CCOc1ccc(/C=C2\CN(CC)CCC2=O)cc1. The van der Waals surface area contributed by atoms with Gasteiger partial charge in [0, 0.05) is 25.1 Å². The van der Waals surface area contributed by atoms with E-state index in [-0.39, 0.29) is 5.78 Å². The highest BCUT2D eigenvalue weighted by Crippen LogP contribution is 2.18. The Hall–Kier alpha value is -1.61. The highest BCUT2D eigenvalue weighted by molar-refractivity contribution is 6.00. The summed E-state index contributed by atoms with van der Waals surface area (Å²) in [6.45, 7) is 7.41. The van der Waals surface area contributed by atoms with Crippen molar-refractivity contribution in [3.8, 4) is 5.75 Å². The van der Waals surface area contributed by atoms with Crippen molar-refractivity contribution in [1.82, 2.24) is 4.90 Å². The van der Waals surface area contributed by atoms with E-state index in [4.69, 9.17) is 4.74 Å². The minimum absolute atomic E-state index is 0.276. The van der Waals surface area contributed by atoms with Crippen LogP contribution in [-0.2, 0) is 4.79 Å². The van der Waals surface area contributed by atoms with Gasteiger partial charge in [-0.2, -0.15) is 0 Å². The molecule has 0 bridgehead atoms. The monoisotopic (exact) mass is 259 g/mol. The molecule has 1 aromatic carbocycles. The van der Waals surface area contributed by atoms with Crippen LogP contribution in [0.25, 0.3) is 6.08 Å². The predicted molar refractivity (Wildman–Crippen MR) is 77.3 cm³/mol. The molecule has 1 heterocycles. The molecule has 0 radical (unpaired) electrons. The Balaban J connectivity index is 2.12. The van der Waals surface area contributed by atoms with Crippen LogP contribution in [0.5, 0.6) is 5.75 Å². The molecule has 1 aliphatic rings. The van der Waals surface area contributed by atoms with Crippen molar-refractivity contribution >= 4 is 11.9 Å². The van der Waals surface area contributed by atoms with Crippen molar-refractivity contribution < 1.29 is 9.53 Å². The van der Waals surface area contributed by atoms with Crippen LogP contribution in [0.2, 0.25) is 0 Å². The van der Waals surface area contributed by atoms with Gasteiger partial charge in [0.25, 0.3) is 0 Å². The Bertz CT molecular complexity index is 462. The fourth-order valence-electron chi connectivity index (χ4n) is 2.25. The van der Waals surface area contributed by atoms with Gasteiger partial charge in [-0.25, -0.2) is 0 Å². The van der Waals surface area contributed by atoms with E-state index in [1.807, 2.05) is 37.3 Å². The first-order valence-electron chi connectivity index (χ1n) is 6.92. The first-order chi connectivity index (χ1) is 9.22. The standard InChI is InChI=1S/C16H21NO2/c1-3-17-10-9-16(18)14(12-17)11-13-5-7-15(8-6-13)19-4-2/h5-8,11H,3-4,9-10,12H2,1-2H3/b14-11+. The summed E-state index contributed by atoms with van der Waals surface area (Å²) in [5.41, 5.74) is 1.97. The lowest BCUT2D eigenvalue weighted by Gasteiger charge is -2.26. The number of likely N-dealkylation sites (N-methyl/N-ethyl adjacent to an activating group) is 1. The zero-order valence-corrected chi connectivity index (χ0v) is 11.7. The van der Waals surface area contributed by atoms with Crippen LogP contribution in [0.3, 0.4) is 0 Å². The molecule has 0 N–H and O–H groups in total. The van der Waals surface area contributed by atoms with Crippen LogP contribution in [0.4, 0.5) is 0 Å². The molecule has 19 heavy (non-hydrogen) atoms. The summed E-state index contributed by atoms with van der Waals surface area (Å²) in [5.74, 6) is 1.15. The van der Waals surface area contributed by atoms with Gasteiger partial charge in [0.2, 0.25) is 0 Å². The van der Waals surface area contributed by atoms with Crippen LogP contribution in [0.15, 0.2) is 29.8 Å². The summed E-state index contributed by atoms with van der Waals surface area (Å²) in [4.78, 5) is 14.2. The second kappa shape index (κ2) is 6.53. The van der Waals surface area contributed by atoms with Crippen LogP contribution in [0, 0.1) is 0 Å².